The lowest BCUT2D eigenvalue weighted by Crippen LogP contribution is -2.08. The van der Waals surface area contributed by atoms with Crippen molar-refractivity contribution in [3.05, 3.63) is 90.2 Å². The van der Waals surface area contributed by atoms with E-state index in [0.717, 1.165) is 24.1 Å². The molecule has 1 radical (unpaired) electrons. The fraction of sp³-hybridized carbons (Fsp3) is 0.269. The molecule has 3 aromatic carbocycles. The third-order valence-corrected chi connectivity index (χ3v) is 4.66. The van der Waals surface area contributed by atoms with E-state index in [2.05, 4.69) is 61.5 Å². The molecule has 0 N–H and O–H groups in total. The highest BCUT2D eigenvalue weighted by molar-refractivity contribution is 6.00. The van der Waals surface area contributed by atoms with Crippen LogP contribution in [0.2, 0.25) is 0 Å². The van der Waals surface area contributed by atoms with E-state index in [1.807, 2.05) is 18.2 Å². The summed E-state index contributed by atoms with van der Waals surface area (Å²) in [6, 6.07) is 25.9. The van der Waals surface area contributed by atoms with Gasteiger partial charge in [-0.1, -0.05) is 85.7 Å². The topological polar surface area (TPSA) is 30.8 Å². The first kappa shape index (κ1) is 21.6. The molecule has 0 unspecified atom stereocenters. The maximum Gasteiger partial charge on any atom is 0.172 e. The SMILES string of the molecule is CC(C)CCC(=NOCCOc1ccc[c]c1F)c1ccc(-c2ccccc2)cc1. The zero-order valence-electron chi connectivity index (χ0n) is 17.5. The van der Waals surface area contributed by atoms with Crippen molar-refractivity contribution in [1.82, 2.24) is 0 Å². The molecule has 0 spiro atoms. The lowest BCUT2D eigenvalue weighted by Gasteiger charge is -2.11. The van der Waals surface area contributed by atoms with Gasteiger partial charge in [0.1, 0.15) is 6.61 Å². The van der Waals surface area contributed by atoms with Crippen LogP contribution in [0.15, 0.2) is 78.0 Å². The molecule has 0 heterocycles. The van der Waals surface area contributed by atoms with Crippen LogP contribution in [-0.2, 0) is 4.84 Å². The minimum atomic E-state index is -0.503. The Morgan fingerprint density at radius 3 is 2.37 bits per heavy atom. The van der Waals surface area contributed by atoms with Crippen molar-refractivity contribution in [1.29, 1.82) is 0 Å². The molecular formula is C26H27FNO2. The van der Waals surface area contributed by atoms with Crippen LogP contribution in [0.5, 0.6) is 5.75 Å². The second kappa shape index (κ2) is 11.1. The van der Waals surface area contributed by atoms with E-state index in [9.17, 15) is 4.39 Å². The van der Waals surface area contributed by atoms with E-state index in [-0.39, 0.29) is 19.0 Å². The van der Waals surface area contributed by atoms with Gasteiger partial charge >= 0.3 is 0 Å². The number of nitrogens with zero attached hydrogens (tertiary/aromatic N) is 1. The Morgan fingerprint density at radius 1 is 0.933 bits per heavy atom. The normalized spacial score (nSPS) is 11.5. The highest BCUT2D eigenvalue weighted by atomic mass is 19.1. The first-order valence-corrected chi connectivity index (χ1v) is 10.3. The van der Waals surface area contributed by atoms with Crippen LogP contribution in [0, 0.1) is 17.8 Å². The van der Waals surface area contributed by atoms with Crippen LogP contribution in [-0.4, -0.2) is 18.9 Å². The van der Waals surface area contributed by atoms with Crippen molar-refractivity contribution in [2.45, 2.75) is 26.7 Å². The summed E-state index contributed by atoms with van der Waals surface area (Å²) in [5, 5.41) is 4.36. The van der Waals surface area contributed by atoms with Crippen LogP contribution in [0.1, 0.15) is 32.3 Å². The van der Waals surface area contributed by atoms with E-state index in [0.29, 0.717) is 5.92 Å². The van der Waals surface area contributed by atoms with E-state index in [1.165, 1.54) is 17.2 Å². The first-order valence-electron chi connectivity index (χ1n) is 10.3. The summed E-state index contributed by atoms with van der Waals surface area (Å²) in [4.78, 5) is 5.49. The molecule has 0 atom stereocenters. The number of rotatable bonds is 10. The van der Waals surface area contributed by atoms with Crippen molar-refractivity contribution >= 4 is 5.71 Å². The van der Waals surface area contributed by atoms with Gasteiger partial charge in [0.2, 0.25) is 0 Å². The molecule has 0 saturated heterocycles. The van der Waals surface area contributed by atoms with E-state index in [4.69, 9.17) is 9.57 Å². The molecule has 3 nitrogen and oxygen atoms in total. The maximum atomic E-state index is 13.5. The fourth-order valence-corrected chi connectivity index (χ4v) is 2.98. The van der Waals surface area contributed by atoms with Gasteiger partial charge in [-0.25, -0.2) is 4.39 Å². The second-order valence-corrected chi connectivity index (χ2v) is 7.44. The molecule has 30 heavy (non-hydrogen) atoms. The van der Waals surface area contributed by atoms with Gasteiger partial charge in [0.15, 0.2) is 18.2 Å². The molecule has 0 amide bonds. The fourth-order valence-electron chi connectivity index (χ4n) is 2.98. The number of oxime groups is 1. The molecule has 4 heteroatoms. The molecule has 0 saturated carbocycles. The quantitative estimate of drug-likeness (QED) is 0.218. The van der Waals surface area contributed by atoms with E-state index in [1.54, 1.807) is 12.1 Å². The van der Waals surface area contributed by atoms with Crippen LogP contribution in [0.3, 0.4) is 0 Å². The molecule has 0 bridgehead atoms. The average Bonchev–Trinajstić information content (AvgIpc) is 2.77. The summed E-state index contributed by atoms with van der Waals surface area (Å²) in [5.41, 5.74) is 4.30. The Kier molecular flexibility index (Phi) is 8.02. The standard InChI is InChI=1S/C26H27FNO2/c1-20(2)12-17-25(28-30-19-18-29-26-11-7-6-10-24(26)27)23-15-13-22(14-16-23)21-8-4-3-5-9-21/h3-9,11,13-16,20H,12,17-19H2,1-2H3. The van der Waals surface area contributed by atoms with Gasteiger partial charge in [0.25, 0.3) is 0 Å². The van der Waals surface area contributed by atoms with Gasteiger partial charge in [-0.05, 0) is 41.5 Å². The summed E-state index contributed by atoms with van der Waals surface area (Å²) in [5.74, 6) is 0.234. The largest absolute Gasteiger partial charge is 0.487 e. The van der Waals surface area contributed by atoms with Gasteiger partial charge in [-0.2, -0.15) is 0 Å². The predicted octanol–water partition coefficient (Wildman–Crippen LogP) is 6.53. The highest BCUT2D eigenvalue weighted by Gasteiger charge is 2.08. The summed E-state index contributed by atoms with van der Waals surface area (Å²) < 4.78 is 18.9. The third-order valence-electron chi connectivity index (χ3n) is 4.66. The number of hydrogen-bond donors (Lipinski definition) is 0. The minimum absolute atomic E-state index is 0.168. The van der Waals surface area contributed by atoms with Crippen LogP contribution >= 0.6 is 0 Å². The summed E-state index contributed by atoms with van der Waals surface area (Å²) in [6.45, 7) is 4.83. The Morgan fingerprint density at radius 2 is 1.67 bits per heavy atom. The molecule has 3 aromatic rings. The lowest BCUT2D eigenvalue weighted by molar-refractivity contribution is 0.105. The Labute approximate surface area is 178 Å². The van der Waals surface area contributed by atoms with Crippen molar-refractivity contribution in [3.63, 3.8) is 0 Å². The van der Waals surface area contributed by atoms with Crippen molar-refractivity contribution in [2.75, 3.05) is 13.2 Å². The number of hydrogen-bond acceptors (Lipinski definition) is 3. The average molecular weight is 405 g/mol. The van der Waals surface area contributed by atoms with Crippen molar-refractivity contribution in [3.8, 4) is 16.9 Å². The molecule has 0 aromatic heterocycles. The first-order chi connectivity index (χ1) is 14.6. The Bertz CT molecular complexity index is 937. The highest BCUT2D eigenvalue weighted by Crippen LogP contribution is 2.21. The predicted molar refractivity (Wildman–Crippen MR) is 119 cm³/mol. The second-order valence-electron chi connectivity index (χ2n) is 7.44. The van der Waals surface area contributed by atoms with Crippen LogP contribution < -0.4 is 4.74 Å². The van der Waals surface area contributed by atoms with Crippen molar-refractivity contribution in [2.24, 2.45) is 11.1 Å². The number of ether oxygens (including phenoxy) is 1. The summed E-state index contributed by atoms with van der Waals surface area (Å²) in [6.07, 6.45) is 1.84. The molecule has 3 rings (SSSR count). The number of benzene rings is 3. The molecule has 0 aliphatic heterocycles. The van der Waals surface area contributed by atoms with Crippen molar-refractivity contribution < 1.29 is 14.0 Å². The Balaban J connectivity index is 1.62. The zero-order chi connectivity index (χ0) is 21.2. The number of halogens is 1. The molecule has 0 aliphatic carbocycles. The maximum absolute atomic E-state index is 13.5. The molecule has 0 fully saturated rings. The van der Waals surface area contributed by atoms with Gasteiger partial charge in [0, 0.05) is 6.07 Å². The molecular weight excluding hydrogens is 377 g/mol. The zero-order valence-corrected chi connectivity index (χ0v) is 17.5. The molecule has 0 aliphatic rings. The van der Waals surface area contributed by atoms with Gasteiger partial charge in [-0.15, -0.1) is 0 Å². The summed E-state index contributed by atoms with van der Waals surface area (Å²) >= 11 is 0. The summed E-state index contributed by atoms with van der Waals surface area (Å²) in [7, 11) is 0. The lowest BCUT2D eigenvalue weighted by atomic mass is 9.98. The third kappa shape index (κ3) is 6.45. The minimum Gasteiger partial charge on any atom is -0.487 e. The van der Waals surface area contributed by atoms with Gasteiger partial charge < -0.3 is 9.57 Å². The van der Waals surface area contributed by atoms with E-state index < -0.39 is 5.82 Å². The Hall–Kier alpha value is -3.14. The monoisotopic (exact) mass is 404 g/mol. The van der Waals surface area contributed by atoms with Crippen LogP contribution in [0.25, 0.3) is 11.1 Å². The smallest absolute Gasteiger partial charge is 0.172 e. The van der Waals surface area contributed by atoms with Crippen LogP contribution in [0.4, 0.5) is 4.39 Å². The van der Waals surface area contributed by atoms with Gasteiger partial charge in [-0.3, -0.25) is 0 Å². The molecule has 155 valence electrons. The van der Waals surface area contributed by atoms with E-state index >= 15 is 0 Å². The van der Waals surface area contributed by atoms with Gasteiger partial charge in [0.05, 0.1) is 5.71 Å².